The first-order valence-electron chi connectivity index (χ1n) is 27.5. The summed E-state index contributed by atoms with van der Waals surface area (Å²) in [5.74, 6) is -0.212. The van der Waals surface area contributed by atoms with E-state index in [4.69, 9.17) is 9.05 Å². The Labute approximate surface area is 403 Å². The minimum Gasteiger partial charge on any atom is -0.756 e. The van der Waals surface area contributed by atoms with Gasteiger partial charge in [-0.05, 0) is 70.6 Å². The van der Waals surface area contributed by atoms with Crippen LogP contribution in [0.1, 0.15) is 251 Å². The largest absolute Gasteiger partial charge is 0.756 e. The summed E-state index contributed by atoms with van der Waals surface area (Å²) in [7, 11) is 1.24. The lowest BCUT2D eigenvalue weighted by molar-refractivity contribution is -0.870. The Kier molecular flexibility index (Phi) is 46.4. The first kappa shape index (κ1) is 63.5. The number of carbonyl (C=O) groups excluding carboxylic acids is 1. The molecule has 0 aliphatic heterocycles. The number of carbonyl (C=O) groups is 1. The van der Waals surface area contributed by atoms with Crippen LogP contribution in [0.5, 0.6) is 0 Å². The van der Waals surface area contributed by atoms with Gasteiger partial charge in [0.25, 0.3) is 7.82 Å². The summed E-state index contributed by atoms with van der Waals surface area (Å²) in [4.78, 5) is 25.4. The average molecular weight is 935 g/mol. The first-order valence-corrected chi connectivity index (χ1v) is 29.0. The van der Waals surface area contributed by atoms with Gasteiger partial charge in [-0.2, -0.15) is 0 Å². The predicted molar refractivity (Wildman–Crippen MR) is 279 cm³/mol. The van der Waals surface area contributed by atoms with Crippen molar-refractivity contribution in [3.8, 4) is 0 Å². The molecule has 0 aliphatic carbocycles. The Bertz CT molecular complexity index is 1200. The SMILES string of the molecule is CCCCCCCCC/C=C/CC/C=C/CC/C=C/C(O)C(COP(=O)([O-])OCC[N+](C)(C)C)NC(=O)CCCCCCCCCCCC/C=C\CCCCCCCCCCCCCC. The third kappa shape index (κ3) is 50.2. The molecule has 2 N–H and O–H groups in total. The van der Waals surface area contributed by atoms with Crippen molar-refractivity contribution in [3.63, 3.8) is 0 Å². The van der Waals surface area contributed by atoms with E-state index in [1.54, 1.807) is 6.08 Å². The lowest BCUT2D eigenvalue weighted by Gasteiger charge is -2.29. The van der Waals surface area contributed by atoms with Crippen LogP contribution in [-0.2, 0) is 18.4 Å². The van der Waals surface area contributed by atoms with Crippen molar-refractivity contribution in [2.24, 2.45) is 0 Å². The van der Waals surface area contributed by atoms with Gasteiger partial charge in [-0.3, -0.25) is 9.36 Å². The Morgan fingerprint density at radius 2 is 0.862 bits per heavy atom. The minimum atomic E-state index is -4.61. The Morgan fingerprint density at radius 1 is 0.523 bits per heavy atom. The van der Waals surface area contributed by atoms with E-state index in [9.17, 15) is 19.4 Å². The highest BCUT2D eigenvalue weighted by Gasteiger charge is 2.23. The van der Waals surface area contributed by atoms with Crippen LogP contribution >= 0.6 is 7.82 Å². The van der Waals surface area contributed by atoms with Crippen molar-refractivity contribution in [2.45, 2.75) is 264 Å². The molecule has 0 aromatic rings. The van der Waals surface area contributed by atoms with E-state index in [-0.39, 0.29) is 12.5 Å². The molecule has 8 nitrogen and oxygen atoms in total. The number of nitrogens with zero attached hydrogens (tertiary/aromatic N) is 1. The Morgan fingerprint density at radius 3 is 1.25 bits per heavy atom. The number of allylic oxidation sites excluding steroid dienone is 7. The summed E-state index contributed by atoms with van der Waals surface area (Å²) in [5, 5.41) is 13.8. The maximum Gasteiger partial charge on any atom is 0.268 e. The van der Waals surface area contributed by atoms with Crippen LogP contribution in [-0.4, -0.2) is 68.5 Å². The molecule has 382 valence electrons. The summed E-state index contributed by atoms with van der Waals surface area (Å²) >= 11 is 0. The molecule has 0 aromatic heterocycles. The van der Waals surface area contributed by atoms with Gasteiger partial charge in [-0.25, -0.2) is 0 Å². The topological polar surface area (TPSA) is 108 Å². The molecule has 0 rings (SSSR count). The molecule has 9 heteroatoms. The Balaban J connectivity index is 4.25. The second-order valence-electron chi connectivity index (χ2n) is 19.9. The van der Waals surface area contributed by atoms with Crippen LogP contribution in [0.4, 0.5) is 0 Å². The molecule has 0 bridgehead atoms. The molecule has 0 saturated heterocycles. The number of amides is 1. The number of quaternary nitrogens is 1. The molecular weight excluding hydrogens is 828 g/mol. The van der Waals surface area contributed by atoms with Crippen LogP contribution < -0.4 is 10.2 Å². The molecule has 0 aromatic carbocycles. The molecule has 0 spiro atoms. The van der Waals surface area contributed by atoms with Crippen molar-refractivity contribution < 1.29 is 32.9 Å². The normalized spacial score (nSPS) is 14.4. The number of phosphoric ester groups is 1. The van der Waals surface area contributed by atoms with Crippen molar-refractivity contribution >= 4 is 13.7 Å². The van der Waals surface area contributed by atoms with Gasteiger partial charge in [0.2, 0.25) is 5.91 Å². The van der Waals surface area contributed by atoms with Gasteiger partial charge >= 0.3 is 0 Å². The number of hydrogen-bond donors (Lipinski definition) is 2. The van der Waals surface area contributed by atoms with Crippen molar-refractivity contribution in [3.05, 3.63) is 48.6 Å². The fraction of sp³-hybridized carbons (Fsp3) is 0.839. The van der Waals surface area contributed by atoms with E-state index in [1.807, 2.05) is 27.2 Å². The number of nitrogens with one attached hydrogen (secondary N) is 1. The van der Waals surface area contributed by atoms with Gasteiger partial charge in [0.05, 0.1) is 39.9 Å². The van der Waals surface area contributed by atoms with Gasteiger partial charge in [0, 0.05) is 6.42 Å². The van der Waals surface area contributed by atoms with Crippen molar-refractivity contribution in [1.29, 1.82) is 0 Å². The van der Waals surface area contributed by atoms with Gasteiger partial charge < -0.3 is 28.8 Å². The molecule has 1 amide bonds. The molecule has 0 aliphatic rings. The summed E-state index contributed by atoms with van der Waals surface area (Å²) in [6.07, 6.45) is 61.9. The third-order valence-electron chi connectivity index (χ3n) is 12.2. The van der Waals surface area contributed by atoms with E-state index in [0.717, 1.165) is 44.9 Å². The van der Waals surface area contributed by atoms with Crippen LogP contribution in [0.15, 0.2) is 48.6 Å². The number of likely N-dealkylation sites (N-methyl/N-ethyl adjacent to an activating group) is 1. The smallest absolute Gasteiger partial charge is 0.268 e. The molecule has 3 atom stereocenters. The van der Waals surface area contributed by atoms with Gasteiger partial charge in [0.1, 0.15) is 13.2 Å². The number of aliphatic hydroxyl groups excluding tert-OH is 1. The highest BCUT2D eigenvalue weighted by atomic mass is 31.2. The zero-order chi connectivity index (χ0) is 47.8. The lowest BCUT2D eigenvalue weighted by Crippen LogP contribution is -2.45. The van der Waals surface area contributed by atoms with Crippen LogP contribution in [0, 0.1) is 0 Å². The summed E-state index contributed by atoms with van der Waals surface area (Å²) < 4.78 is 23.3. The average Bonchev–Trinajstić information content (AvgIpc) is 3.26. The summed E-state index contributed by atoms with van der Waals surface area (Å²) in [5.41, 5.74) is 0. The highest BCUT2D eigenvalue weighted by Crippen LogP contribution is 2.38. The van der Waals surface area contributed by atoms with E-state index in [1.165, 1.54) is 186 Å². The quantitative estimate of drug-likeness (QED) is 0.0272. The second kappa shape index (κ2) is 47.5. The highest BCUT2D eigenvalue weighted by molar-refractivity contribution is 7.45. The molecule has 0 fully saturated rings. The monoisotopic (exact) mass is 935 g/mol. The molecule has 0 heterocycles. The predicted octanol–water partition coefficient (Wildman–Crippen LogP) is 15.7. The van der Waals surface area contributed by atoms with Crippen molar-refractivity contribution in [2.75, 3.05) is 40.9 Å². The fourth-order valence-corrected chi connectivity index (χ4v) is 8.61. The maximum atomic E-state index is 12.9. The van der Waals surface area contributed by atoms with Crippen LogP contribution in [0.3, 0.4) is 0 Å². The van der Waals surface area contributed by atoms with E-state index >= 15 is 0 Å². The van der Waals surface area contributed by atoms with Crippen molar-refractivity contribution in [1.82, 2.24) is 5.32 Å². The van der Waals surface area contributed by atoms with E-state index < -0.39 is 26.6 Å². The van der Waals surface area contributed by atoms with Gasteiger partial charge in [-0.1, -0.05) is 223 Å². The summed E-state index contributed by atoms with van der Waals surface area (Å²) in [6.45, 7) is 4.63. The fourth-order valence-electron chi connectivity index (χ4n) is 7.89. The second-order valence-corrected chi connectivity index (χ2v) is 21.3. The van der Waals surface area contributed by atoms with Gasteiger partial charge in [0.15, 0.2) is 0 Å². The lowest BCUT2D eigenvalue weighted by atomic mass is 10.0. The van der Waals surface area contributed by atoms with E-state index in [0.29, 0.717) is 17.4 Å². The minimum absolute atomic E-state index is 0.00968. The maximum absolute atomic E-state index is 12.9. The standard InChI is InChI=1S/C56H107N2O6P/c1-6-8-10-12-14-16-18-20-22-24-25-26-27-28-29-30-31-32-34-36-38-40-42-44-46-48-50-56(60)57-54(53-64-65(61,62)63-52-51-58(3,4)5)55(59)49-47-45-43-41-39-37-35-33-23-21-19-17-15-13-11-9-7-2/h23,28-29,33,39,41,47,49,54-55,59H,6-22,24-27,30-32,34-38,40,42-46,48,50-53H2,1-5H3,(H-,57,60,61,62)/b29-28-,33-23+,41-39+,49-47+. The summed E-state index contributed by atoms with van der Waals surface area (Å²) in [6, 6.07) is -0.911. The zero-order valence-corrected chi connectivity index (χ0v) is 44.3. The number of unbranched alkanes of at least 4 members (excludes halogenated alkanes) is 31. The van der Waals surface area contributed by atoms with Gasteiger partial charge in [-0.15, -0.1) is 0 Å². The van der Waals surface area contributed by atoms with Crippen LogP contribution in [0.2, 0.25) is 0 Å². The molecule has 0 radical (unpaired) electrons. The molecular formula is C56H107N2O6P. The number of aliphatic hydroxyl groups is 1. The number of rotatable bonds is 50. The van der Waals surface area contributed by atoms with E-state index in [2.05, 4.69) is 55.6 Å². The number of hydrogen-bond acceptors (Lipinski definition) is 6. The molecule has 0 saturated carbocycles. The third-order valence-corrected chi connectivity index (χ3v) is 13.2. The molecule has 65 heavy (non-hydrogen) atoms. The number of phosphoric acid groups is 1. The Hall–Kier alpha value is -1.54. The molecule has 3 unspecified atom stereocenters. The first-order chi connectivity index (χ1) is 31.5. The zero-order valence-electron chi connectivity index (χ0n) is 43.4. The van der Waals surface area contributed by atoms with Crippen LogP contribution in [0.25, 0.3) is 0 Å².